The summed E-state index contributed by atoms with van der Waals surface area (Å²) in [6, 6.07) is 68.2. The number of hydrogen-bond donors (Lipinski definition) is 0. The maximum Gasteiger partial charge on any atom is 0.0753 e. The van der Waals surface area contributed by atoms with Gasteiger partial charge in [-0.15, -0.1) is 11.3 Å². The van der Waals surface area contributed by atoms with Gasteiger partial charge in [0.1, 0.15) is 0 Å². The molecule has 9 aromatic carbocycles. The molecule has 2 aromatic heterocycles. The summed E-state index contributed by atoms with van der Waals surface area (Å²) in [4.78, 5) is 5.14. The molecule has 0 fully saturated rings. The molecule has 0 saturated heterocycles. The monoisotopic (exact) mass is 725 g/mol. The van der Waals surface area contributed by atoms with Crippen molar-refractivity contribution >= 4 is 63.8 Å². The van der Waals surface area contributed by atoms with Crippen LogP contribution in [0.3, 0.4) is 0 Å². The van der Waals surface area contributed by atoms with Crippen LogP contribution >= 0.6 is 11.3 Å². The molecule has 1 atom stereocenters. The maximum absolute atomic E-state index is 5.14. The average molecular weight is 726 g/mol. The summed E-state index contributed by atoms with van der Waals surface area (Å²) in [6.07, 6.45) is 1.96. The van der Waals surface area contributed by atoms with E-state index in [-0.39, 0.29) is 0 Å². The molecule has 13 rings (SSSR count). The van der Waals surface area contributed by atoms with Gasteiger partial charge in [0.05, 0.1) is 11.1 Å². The highest BCUT2D eigenvalue weighted by Crippen LogP contribution is 2.64. The molecule has 0 radical (unpaired) electrons. The minimum absolute atomic E-state index is 0.505. The molecule has 2 heterocycles. The molecular formula is C54H31NS. The van der Waals surface area contributed by atoms with Crippen molar-refractivity contribution in [3.63, 3.8) is 0 Å². The van der Waals surface area contributed by atoms with E-state index in [0.29, 0.717) is 0 Å². The Morgan fingerprint density at radius 1 is 0.357 bits per heavy atom. The molecular weight excluding hydrogens is 695 g/mol. The third-order valence-electron chi connectivity index (χ3n) is 12.7. The van der Waals surface area contributed by atoms with Crippen LogP contribution in [0.25, 0.3) is 97.1 Å². The highest BCUT2D eigenvalue weighted by molar-refractivity contribution is 7.25. The number of benzene rings is 9. The molecule has 1 nitrogen and oxygen atoms in total. The van der Waals surface area contributed by atoms with E-state index >= 15 is 0 Å². The molecule has 2 aliphatic carbocycles. The summed E-state index contributed by atoms with van der Waals surface area (Å²) < 4.78 is 2.66. The Kier molecular flexibility index (Phi) is 6.04. The fraction of sp³-hybridized carbons (Fsp3) is 0.0185. The molecule has 0 bridgehead atoms. The van der Waals surface area contributed by atoms with Crippen LogP contribution in [0, 0.1) is 0 Å². The lowest BCUT2D eigenvalue weighted by Crippen LogP contribution is -2.26. The van der Waals surface area contributed by atoms with Crippen LogP contribution in [0.2, 0.25) is 0 Å². The number of fused-ring (bicyclic) bond motifs is 16. The zero-order valence-electron chi connectivity index (χ0n) is 30.3. The second-order valence-electron chi connectivity index (χ2n) is 15.4. The zero-order valence-corrected chi connectivity index (χ0v) is 31.1. The fourth-order valence-corrected chi connectivity index (χ4v) is 11.6. The molecule has 258 valence electrons. The molecule has 0 N–H and O–H groups in total. The number of nitrogens with zero attached hydrogens (tertiary/aromatic N) is 1. The molecule has 11 aromatic rings. The quantitative estimate of drug-likeness (QED) is 0.162. The Labute approximate surface area is 327 Å². The summed E-state index contributed by atoms with van der Waals surface area (Å²) in [7, 11) is 0. The highest BCUT2D eigenvalue weighted by atomic mass is 32.1. The van der Waals surface area contributed by atoms with E-state index in [0.717, 1.165) is 5.69 Å². The van der Waals surface area contributed by atoms with Crippen molar-refractivity contribution in [1.29, 1.82) is 0 Å². The van der Waals surface area contributed by atoms with Gasteiger partial charge in [-0.05, 0) is 124 Å². The van der Waals surface area contributed by atoms with Crippen molar-refractivity contribution in [2.24, 2.45) is 0 Å². The fourth-order valence-electron chi connectivity index (χ4n) is 10.5. The third kappa shape index (κ3) is 3.86. The van der Waals surface area contributed by atoms with Crippen LogP contribution in [0.15, 0.2) is 188 Å². The standard InChI is InChI=1S/C54H31NS/c1-2-13-33-28-34(24-23-32(33)12-1)51-38-16-3-5-18-40(38)52(41-19-6-4-17-39(41)51)35-25-26-42-47(29-35)54(46-21-11-27-55-53(42)46)45-20-9-7-14-36(45)43-31-50-44(30-48(43)54)37-15-8-10-22-49(37)56-50/h1-31H. The number of aromatic nitrogens is 1. The molecule has 0 aliphatic heterocycles. The Balaban J connectivity index is 1.13. The second-order valence-corrected chi connectivity index (χ2v) is 16.4. The van der Waals surface area contributed by atoms with Crippen LogP contribution in [0.4, 0.5) is 0 Å². The third-order valence-corrected chi connectivity index (χ3v) is 13.8. The number of rotatable bonds is 2. The number of hydrogen-bond acceptors (Lipinski definition) is 2. The Bertz CT molecular complexity index is 3440. The van der Waals surface area contributed by atoms with Crippen LogP contribution in [0.5, 0.6) is 0 Å². The van der Waals surface area contributed by atoms with Crippen LogP contribution in [-0.2, 0) is 5.41 Å². The second kappa shape index (κ2) is 11.1. The van der Waals surface area contributed by atoms with Gasteiger partial charge in [-0.3, -0.25) is 4.98 Å². The minimum atomic E-state index is -0.505. The largest absolute Gasteiger partial charge is 0.256 e. The zero-order chi connectivity index (χ0) is 36.5. The van der Waals surface area contributed by atoms with Crippen molar-refractivity contribution in [3.05, 3.63) is 210 Å². The first kappa shape index (κ1) is 30.5. The first-order valence-corrected chi connectivity index (χ1v) is 20.2. The summed E-state index contributed by atoms with van der Waals surface area (Å²) in [6.45, 7) is 0. The summed E-state index contributed by atoms with van der Waals surface area (Å²) in [5, 5.41) is 10.2. The number of thiophene rings is 1. The molecule has 1 unspecified atom stereocenters. The van der Waals surface area contributed by atoms with Crippen molar-refractivity contribution in [2.45, 2.75) is 5.41 Å². The summed E-state index contributed by atoms with van der Waals surface area (Å²) >= 11 is 1.89. The minimum Gasteiger partial charge on any atom is -0.256 e. The molecule has 0 amide bonds. The van der Waals surface area contributed by atoms with Gasteiger partial charge in [0, 0.05) is 31.9 Å². The highest BCUT2D eigenvalue weighted by Gasteiger charge is 2.52. The van der Waals surface area contributed by atoms with Crippen LogP contribution in [0.1, 0.15) is 22.3 Å². The smallest absolute Gasteiger partial charge is 0.0753 e. The van der Waals surface area contributed by atoms with Crippen molar-refractivity contribution in [3.8, 4) is 44.6 Å². The Morgan fingerprint density at radius 3 is 1.75 bits per heavy atom. The van der Waals surface area contributed by atoms with E-state index in [1.807, 2.05) is 17.5 Å². The van der Waals surface area contributed by atoms with Gasteiger partial charge < -0.3 is 0 Å². The molecule has 2 heteroatoms. The van der Waals surface area contributed by atoms with Crippen molar-refractivity contribution in [1.82, 2.24) is 4.98 Å². The van der Waals surface area contributed by atoms with Gasteiger partial charge in [0.2, 0.25) is 0 Å². The molecule has 2 aliphatic rings. The van der Waals surface area contributed by atoms with E-state index in [2.05, 4.69) is 182 Å². The predicted octanol–water partition coefficient (Wildman–Crippen LogP) is 14.6. The topological polar surface area (TPSA) is 12.9 Å². The Hall–Kier alpha value is -6.87. The van der Waals surface area contributed by atoms with Gasteiger partial charge in [0.25, 0.3) is 0 Å². The predicted molar refractivity (Wildman–Crippen MR) is 237 cm³/mol. The maximum atomic E-state index is 5.14. The molecule has 56 heavy (non-hydrogen) atoms. The van der Waals surface area contributed by atoms with E-state index in [1.165, 1.54) is 114 Å². The van der Waals surface area contributed by atoms with Gasteiger partial charge in [-0.25, -0.2) is 0 Å². The Morgan fingerprint density at radius 2 is 0.964 bits per heavy atom. The first-order valence-electron chi connectivity index (χ1n) is 19.4. The van der Waals surface area contributed by atoms with E-state index in [9.17, 15) is 0 Å². The van der Waals surface area contributed by atoms with Crippen molar-refractivity contribution in [2.75, 3.05) is 0 Å². The lowest BCUT2D eigenvalue weighted by Gasteiger charge is -2.30. The summed E-state index contributed by atoms with van der Waals surface area (Å²) in [5.41, 5.74) is 14.7. The van der Waals surface area contributed by atoms with E-state index < -0.39 is 5.41 Å². The van der Waals surface area contributed by atoms with Gasteiger partial charge in [-0.1, -0.05) is 146 Å². The average Bonchev–Trinajstić information content (AvgIpc) is 3.87. The molecule has 1 spiro atoms. The lowest BCUT2D eigenvalue weighted by molar-refractivity contribution is 0.793. The van der Waals surface area contributed by atoms with E-state index in [4.69, 9.17) is 4.98 Å². The van der Waals surface area contributed by atoms with Crippen LogP contribution in [-0.4, -0.2) is 4.98 Å². The lowest BCUT2D eigenvalue weighted by atomic mass is 9.70. The van der Waals surface area contributed by atoms with Crippen molar-refractivity contribution < 1.29 is 0 Å². The van der Waals surface area contributed by atoms with Gasteiger partial charge >= 0.3 is 0 Å². The van der Waals surface area contributed by atoms with Gasteiger partial charge in [-0.2, -0.15) is 0 Å². The van der Waals surface area contributed by atoms with Crippen LogP contribution < -0.4 is 0 Å². The summed E-state index contributed by atoms with van der Waals surface area (Å²) in [5.74, 6) is 0. The first-order chi connectivity index (χ1) is 27.8. The number of pyridine rings is 1. The van der Waals surface area contributed by atoms with Gasteiger partial charge in [0.15, 0.2) is 0 Å². The SMILES string of the molecule is c1ccc2c(c1)-c1cc3sc4ccccc4c3cc1C21c2cc(-c3c4ccccc4c(-c4ccc5ccccc5c4)c4ccccc34)ccc2-c2ncccc21. The molecule has 0 saturated carbocycles. The normalized spacial score (nSPS) is 15.2. The van der Waals surface area contributed by atoms with E-state index in [1.54, 1.807) is 0 Å².